The minimum absolute atomic E-state index is 0.140. The van der Waals surface area contributed by atoms with E-state index >= 15 is 0 Å². The van der Waals surface area contributed by atoms with Crippen LogP contribution in [0.15, 0.2) is 18.2 Å². The summed E-state index contributed by atoms with van der Waals surface area (Å²) in [6.45, 7) is 13.7. The third-order valence-electron chi connectivity index (χ3n) is 6.83. The zero-order valence-electron chi connectivity index (χ0n) is 20.0. The van der Waals surface area contributed by atoms with E-state index in [4.69, 9.17) is 9.16 Å². The van der Waals surface area contributed by atoms with Crippen LogP contribution in [0.5, 0.6) is 0 Å². The van der Waals surface area contributed by atoms with Crippen molar-refractivity contribution in [2.24, 2.45) is 0 Å². The fraction of sp³-hybridized carbons (Fsp3) is 0.625. The summed E-state index contributed by atoms with van der Waals surface area (Å²) in [7, 11) is -1.70. The number of carbonyl (C=O) groups excluding carboxylic acids is 3. The average molecular weight is 461 g/mol. The normalized spacial score (nSPS) is 19.3. The molecule has 0 spiro atoms. The number of hydrogen-bond donors (Lipinski definition) is 1. The molecule has 0 bridgehead atoms. The Morgan fingerprint density at radius 3 is 2.56 bits per heavy atom. The van der Waals surface area contributed by atoms with Gasteiger partial charge in [-0.3, -0.25) is 19.7 Å². The van der Waals surface area contributed by atoms with Crippen LogP contribution in [-0.4, -0.2) is 56.8 Å². The molecule has 0 saturated carbocycles. The van der Waals surface area contributed by atoms with Crippen LogP contribution in [0.1, 0.15) is 61.5 Å². The summed E-state index contributed by atoms with van der Waals surface area (Å²) >= 11 is 0. The number of imide groups is 1. The van der Waals surface area contributed by atoms with E-state index in [-0.39, 0.29) is 29.2 Å². The molecule has 1 N–H and O–H groups in total. The van der Waals surface area contributed by atoms with Crippen molar-refractivity contribution in [3.8, 4) is 0 Å². The number of amides is 3. The Balaban J connectivity index is 1.43. The molecule has 2 heterocycles. The second kappa shape index (κ2) is 9.85. The smallest absolute Gasteiger partial charge is 0.255 e. The first kappa shape index (κ1) is 24.6. The van der Waals surface area contributed by atoms with Gasteiger partial charge < -0.3 is 14.1 Å². The summed E-state index contributed by atoms with van der Waals surface area (Å²) in [5.74, 6) is -0.795. The summed E-state index contributed by atoms with van der Waals surface area (Å²) in [4.78, 5) is 37.9. The molecule has 2 aliphatic rings. The first-order valence-electron chi connectivity index (χ1n) is 11.5. The largest absolute Gasteiger partial charge is 0.417 e. The summed E-state index contributed by atoms with van der Waals surface area (Å²) in [5.41, 5.74) is 2.68. The van der Waals surface area contributed by atoms with E-state index < -0.39 is 14.4 Å². The highest BCUT2D eigenvalue weighted by Gasteiger charge is 2.39. The van der Waals surface area contributed by atoms with Gasteiger partial charge in [-0.15, -0.1) is 0 Å². The number of hydrogen-bond acceptors (Lipinski definition) is 5. The SMILES string of the molecule is CC(C)(C)[Si](C)(C)OCCCOCCc1ccc2c(c1)CN(C1CCC(=O)NC1=O)C2=O. The number of piperidine rings is 1. The van der Waals surface area contributed by atoms with Crippen LogP contribution < -0.4 is 5.32 Å². The number of rotatable bonds is 9. The zero-order valence-corrected chi connectivity index (χ0v) is 21.0. The maximum Gasteiger partial charge on any atom is 0.255 e. The van der Waals surface area contributed by atoms with Crippen LogP contribution in [0, 0.1) is 0 Å². The van der Waals surface area contributed by atoms with E-state index in [9.17, 15) is 14.4 Å². The molecule has 0 radical (unpaired) electrons. The average Bonchev–Trinajstić information content (AvgIpc) is 3.02. The van der Waals surface area contributed by atoms with Crippen molar-refractivity contribution in [2.45, 2.75) is 77.2 Å². The molecular formula is C24H36N2O5Si. The van der Waals surface area contributed by atoms with Gasteiger partial charge in [0.15, 0.2) is 8.32 Å². The molecule has 1 fully saturated rings. The van der Waals surface area contributed by atoms with Gasteiger partial charge in [-0.2, -0.15) is 0 Å². The van der Waals surface area contributed by atoms with E-state index in [1.165, 1.54) is 0 Å². The Morgan fingerprint density at radius 2 is 1.88 bits per heavy atom. The maximum atomic E-state index is 12.8. The molecule has 7 nitrogen and oxygen atoms in total. The zero-order chi connectivity index (χ0) is 23.5. The highest BCUT2D eigenvalue weighted by atomic mass is 28.4. The predicted molar refractivity (Wildman–Crippen MR) is 125 cm³/mol. The molecule has 1 aromatic rings. The number of benzene rings is 1. The molecule has 176 valence electrons. The van der Waals surface area contributed by atoms with Crippen LogP contribution in [0.3, 0.4) is 0 Å². The van der Waals surface area contributed by atoms with Crippen LogP contribution in [0.4, 0.5) is 0 Å². The van der Waals surface area contributed by atoms with Crippen molar-refractivity contribution in [3.05, 3.63) is 34.9 Å². The maximum absolute atomic E-state index is 12.8. The fourth-order valence-electron chi connectivity index (χ4n) is 3.78. The van der Waals surface area contributed by atoms with Gasteiger partial charge in [0.1, 0.15) is 6.04 Å². The first-order valence-corrected chi connectivity index (χ1v) is 14.4. The van der Waals surface area contributed by atoms with Crippen molar-refractivity contribution in [1.29, 1.82) is 0 Å². The van der Waals surface area contributed by atoms with Gasteiger partial charge in [-0.1, -0.05) is 32.9 Å². The molecule has 1 saturated heterocycles. The first-order chi connectivity index (χ1) is 15.0. The minimum Gasteiger partial charge on any atom is -0.417 e. The molecule has 3 amide bonds. The van der Waals surface area contributed by atoms with Crippen molar-refractivity contribution < 1.29 is 23.5 Å². The molecular weight excluding hydrogens is 424 g/mol. The fourth-order valence-corrected chi connectivity index (χ4v) is 4.87. The Labute approximate surface area is 192 Å². The monoisotopic (exact) mass is 460 g/mol. The van der Waals surface area contributed by atoms with Crippen molar-refractivity contribution in [3.63, 3.8) is 0 Å². The summed E-state index contributed by atoms with van der Waals surface area (Å²) in [6.07, 6.45) is 2.29. The summed E-state index contributed by atoms with van der Waals surface area (Å²) < 4.78 is 12.0. The van der Waals surface area contributed by atoms with Crippen LogP contribution in [0.2, 0.25) is 18.1 Å². The molecule has 32 heavy (non-hydrogen) atoms. The highest BCUT2D eigenvalue weighted by Crippen LogP contribution is 2.36. The molecule has 0 aliphatic carbocycles. The van der Waals surface area contributed by atoms with Crippen molar-refractivity contribution in [2.75, 3.05) is 19.8 Å². The van der Waals surface area contributed by atoms with Crippen LogP contribution in [-0.2, 0) is 31.7 Å². The second-order valence-corrected chi connectivity index (χ2v) is 15.0. The number of nitrogens with zero attached hydrogens (tertiary/aromatic N) is 1. The highest BCUT2D eigenvalue weighted by molar-refractivity contribution is 6.74. The number of carbonyl (C=O) groups is 3. The quantitative estimate of drug-likeness (QED) is 0.347. The van der Waals surface area contributed by atoms with Crippen LogP contribution in [0.25, 0.3) is 0 Å². The van der Waals surface area contributed by atoms with Gasteiger partial charge in [-0.05, 0) is 54.6 Å². The third kappa shape index (κ3) is 5.66. The number of nitrogens with one attached hydrogen (secondary N) is 1. The van der Waals surface area contributed by atoms with Gasteiger partial charge >= 0.3 is 0 Å². The Hall–Kier alpha value is -2.03. The molecule has 1 unspecified atom stereocenters. The Kier molecular flexibility index (Phi) is 7.57. The van der Waals surface area contributed by atoms with Crippen LogP contribution >= 0.6 is 0 Å². The van der Waals surface area contributed by atoms with Gasteiger partial charge in [-0.25, -0.2) is 0 Å². The summed E-state index contributed by atoms with van der Waals surface area (Å²) in [6, 6.07) is 5.25. The van der Waals surface area contributed by atoms with E-state index in [2.05, 4.69) is 39.2 Å². The topological polar surface area (TPSA) is 84.9 Å². The lowest BCUT2D eigenvalue weighted by atomic mass is 10.0. The third-order valence-corrected chi connectivity index (χ3v) is 11.4. The summed E-state index contributed by atoms with van der Waals surface area (Å²) in [5, 5.41) is 2.55. The van der Waals surface area contributed by atoms with Crippen molar-refractivity contribution >= 4 is 26.0 Å². The molecule has 1 atom stereocenters. The number of fused-ring (bicyclic) bond motifs is 1. The lowest BCUT2D eigenvalue weighted by Gasteiger charge is -2.36. The minimum atomic E-state index is -1.70. The van der Waals surface area contributed by atoms with E-state index in [0.29, 0.717) is 31.7 Å². The van der Waals surface area contributed by atoms with E-state index in [1.54, 1.807) is 4.90 Å². The standard InChI is InChI=1S/C24H36N2O5Si/c1-24(2,3)32(4,5)31-13-6-12-30-14-11-17-7-8-19-18(15-17)16-26(23(19)29)20-9-10-21(27)25-22(20)28/h7-8,15,20H,6,9-14,16H2,1-5H3,(H,25,27,28). The van der Waals surface area contributed by atoms with Gasteiger partial charge in [0, 0.05) is 31.7 Å². The number of ether oxygens (including phenoxy) is 1. The lowest BCUT2D eigenvalue weighted by molar-refractivity contribution is -0.136. The molecule has 3 rings (SSSR count). The lowest BCUT2D eigenvalue weighted by Crippen LogP contribution is -2.52. The second-order valence-electron chi connectivity index (χ2n) is 10.2. The van der Waals surface area contributed by atoms with Gasteiger partial charge in [0.2, 0.25) is 11.8 Å². The van der Waals surface area contributed by atoms with Gasteiger partial charge in [0.25, 0.3) is 5.91 Å². The molecule has 2 aliphatic heterocycles. The predicted octanol–water partition coefficient (Wildman–Crippen LogP) is 3.42. The van der Waals surface area contributed by atoms with Crippen molar-refractivity contribution in [1.82, 2.24) is 10.2 Å². The Morgan fingerprint density at radius 1 is 1.12 bits per heavy atom. The molecule has 8 heteroatoms. The Bertz CT molecular complexity index is 878. The van der Waals surface area contributed by atoms with E-state index in [1.807, 2.05) is 18.2 Å². The van der Waals surface area contributed by atoms with E-state index in [0.717, 1.165) is 30.6 Å². The molecule has 1 aromatic carbocycles. The molecule has 0 aromatic heterocycles. The van der Waals surface area contributed by atoms with Gasteiger partial charge in [0.05, 0.1) is 6.61 Å².